The molecule has 1 aromatic carbocycles. The maximum absolute atomic E-state index is 12.4. The van der Waals surface area contributed by atoms with E-state index in [1.807, 2.05) is 37.3 Å². The number of carbonyl (C=O) groups is 3. The third-order valence-electron chi connectivity index (χ3n) is 3.54. The normalized spacial score (nSPS) is 11.4. The van der Waals surface area contributed by atoms with E-state index in [0.717, 1.165) is 12.0 Å². The van der Waals surface area contributed by atoms with Gasteiger partial charge in [-0.2, -0.15) is 0 Å². The topological polar surface area (TPSA) is 84.5 Å². The molecule has 2 N–H and O–H groups in total. The summed E-state index contributed by atoms with van der Waals surface area (Å²) in [7, 11) is 0. The number of thiophene rings is 1. The van der Waals surface area contributed by atoms with Crippen LogP contribution in [0.2, 0.25) is 0 Å². The Kier molecular flexibility index (Phi) is 7.82. The van der Waals surface area contributed by atoms with Crippen molar-refractivity contribution >= 4 is 29.1 Å². The number of hydrogen-bond acceptors (Lipinski definition) is 5. The van der Waals surface area contributed by atoms with Crippen LogP contribution in [0.4, 0.5) is 0 Å². The van der Waals surface area contributed by atoms with Crippen LogP contribution >= 0.6 is 11.3 Å². The van der Waals surface area contributed by atoms with Gasteiger partial charge in [0, 0.05) is 13.0 Å². The van der Waals surface area contributed by atoms with Crippen LogP contribution in [0.3, 0.4) is 0 Å². The lowest BCUT2D eigenvalue weighted by Gasteiger charge is -2.17. The highest BCUT2D eigenvalue weighted by molar-refractivity contribution is 7.12. The lowest BCUT2D eigenvalue weighted by Crippen LogP contribution is -2.44. The molecule has 1 atom stereocenters. The molecule has 0 aliphatic heterocycles. The minimum atomic E-state index is -0.869. The van der Waals surface area contributed by atoms with Gasteiger partial charge < -0.3 is 15.4 Å². The molecular weight excluding hydrogens is 352 g/mol. The second kappa shape index (κ2) is 10.4. The van der Waals surface area contributed by atoms with E-state index in [2.05, 4.69) is 10.6 Å². The quantitative estimate of drug-likeness (QED) is 0.659. The summed E-state index contributed by atoms with van der Waals surface area (Å²) in [5, 5.41) is 7.13. The van der Waals surface area contributed by atoms with E-state index in [9.17, 15) is 14.4 Å². The molecule has 0 aliphatic rings. The van der Waals surface area contributed by atoms with Gasteiger partial charge in [0.25, 0.3) is 11.8 Å². The fourth-order valence-corrected chi connectivity index (χ4v) is 2.86. The van der Waals surface area contributed by atoms with Crippen LogP contribution in [0.15, 0.2) is 47.8 Å². The molecule has 2 aromatic rings. The van der Waals surface area contributed by atoms with Crippen LogP contribution in [0, 0.1) is 0 Å². The summed E-state index contributed by atoms with van der Waals surface area (Å²) in [5.41, 5.74) is 0.886. The van der Waals surface area contributed by atoms with E-state index in [-0.39, 0.29) is 24.8 Å². The Morgan fingerprint density at radius 1 is 1.12 bits per heavy atom. The van der Waals surface area contributed by atoms with E-state index >= 15 is 0 Å². The van der Waals surface area contributed by atoms with Gasteiger partial charge in [0.05, 0.1) is 4.88 Å². The monoisotopic (exact) mass is 374 g/mol. The van der Waals surface area contributed by atoms with Crippen molar-refractivity contribution in [1.29, 1.82) is 0 Å². The molecule has 2 rings (SSSR count). The van der Waals surface area contributed by atoms with E-state index < -0.39 is 12.0 Å². The summed E-state index contributed by atoms with van der Waals surface area (Å²) in [5.74, 6) is -1.33. The van der Waals surface area contributed by atoms with Crippen molar-refractivity contribution in [2.24, 2.45) is 0 Å². The van der Waals surface area contributed by atoms with Gasteiger partial charge in [-0.1, -0.05) is 43.3 Å². The Balaban J connectivity index is 2.00. The smallest absolute Gasteiger partial charge is 0.329 e. The summed E-state index contributed by atoms with van der Waals surface area (Å²) in [6.07, 6.45) is 1.08. The molecule has 7 heteroatoms. The Hall–Kier alpha value is -2.67. The average Bonchev–Trinajstić information content (AvgIpc) is 3.19. The fourth-order valence-electron chi connectivity index (χ4n) is 2.23. The zero-order valence-corrected chi connectivity index (χ0v) is 15.4. The molecule has 0 fully saturated rings. The van der Waals surface area contributed by atoms with Gasteiger partial charge in [0.15, 0.2) is 6.61 Å². The number of ether oxygens (including phenoxy) is 1. The zero-order valence-electron chi connectivity index (χ0n) is 14.6. The molecule has 0 bridgehead atoms. The highest BCUT2D eigenvalue weighted by atomic mass is 32.1. The standard InChI is InChI=1S/C19H22N2O4S/c1-2-10-20-17(22)13-25-19(24)15(12-14-7-4-3-5-8-14)21-18(23)16-9-6-11-26-16/h3-9,11,15H,2,10,12-13H2,1H3,(H,20,22)(H,21,23)/t15-/m0/s1. The molecule has 6 nitrogen and oxygen atoms in total. The van der Waals surface area contributed by atoms with Crippen LogP contribution in [-0.4, -0.2) is 37.0 Å². The molecule has 1 aromatic heterocycles. The number of amides is 2. The van der Waals surface area contributed by atoms with Crippen molar-refractivity contribution < 1.29 is 19.1 Å². The summed E-state index contributed by atoms with van der Waals surface area (Å²) >= 11 is 1.29. The molecule has 1 heterocycles. The van der Waals surface area contributed by atoms with Gasteiger partial charge in [-0.15, -0.1) is 11.3 Å². The van der Waals surface area contributed by atoms with Crippen molar-refractivity contribution in [3.05, 3.63) is 58.3 Å². The lowest BCUT2D eigenvalue weighted by atomic mass is 10.1. The molecule has 0 spiro atoms. The Morgan fingerprint density at radius 3 is 2.54 bits per heavy atom. The number of benzene rings is 1. The van der Waals surface area contributed by atoms with Crippen molar-refractivity contribution in [1.82, 2.24) is 10.6 Å². The van der Waals surface area contributed by atoms with Crippen molar-refractivity contribution in [2.45, 2.75) is 25.8 Å². The Bertz CT molecular complexity index is 716. The van der Waals surface area contributed by atoms with Gasteiger partial charge in [-0.05, 0) is 23.4 Å². The number of carbonyl (C=O) groups excluding carboxylic acids is 3. The molecule has 0 aliphatic carbocycles. The number of hydrogen-bond donors (Lipinski definition) is 2. The Morgan fingerprint density at radius 2 is 1.88 bits per heavy atom. The largest absolute Gasteiger partial charge is 0.454 e. The van der Waals surface area contributed by atoms with E-state index in [4.69, 9.17) is 4.74 Å². The maximum atomic E-state index is 12.4. The zero-order chi connectivity index (χ0) is 18.8. The van der Waals surface area contributed by atoms with Crippen LogP contribution in [0.25, 0.3) is 0 Å². The summed E-state index contributed by atoms with van der Waals surface area (Å²) < 4.78 is 5.09. The number of esters is 1. The third-order valence-corrected chi connectivity index (χ3v) is 4.40. The summed E-state index contributed by atoms with van der Waals surface area (Å²) in [6.45, 7) is 2.10. The molecule has 138 valence electrons. The van der Waals surface area contributed by atoms with Gasteiger partial charge in [0.2, 0.25) is 0 Å². The number of nitrogens with one attached hydrogen (secondary N) is 2. The van der Waals surface area contributed by atoms with Gasteiger partial charge in [-0.3, -0.25) is 9.59 Å². The molecule has 0 saturated heterocycles. The molecule has 2 amide bonds. The van der Waals surface area contributed by atoms with E-state index in [0.29, 0.717) is 11.4 Å². The summed E-state index contributed by atoms with van der Waals surface area (Å²) in [4.78, 5) is 36.9. The highest BCUT2D eigenvalue weighted by Gasteiger charge is 2.24. The van der Waals surface area contributed by atoms with Crippen molar-refractivity contribution in [3.63, 3.8) is 0 Å². The Labute approximate surface area is 156 Å². The lowest BCUT2D eigenvalue weighted by molar-refractivity contribution is -0.150. The van der Waals surface area contributed by atoms with Crippen LogP contribution in [-0.2, 0) is 20.7 Å². The first-order valence-corrected chi connectivity index (χ1v) is 9.29. The van der Waals surface area contributed by atoms with Gasteiger partial charge in [-0.25, -0.2) is 4.79 Å². The first-order valence-electron chi connectivity index (χ1n) is 8.41. The molecule has 0 unspecified atom stereocenters. The average molecular weight is 374 g/mol. The predicted molar refractivity (Wildman–Crippen MR) is 100.0 cm³/mol. The molecule has 0 radical (unpaired) electrons. The second-order valence-corrected chi connectivity index (χ2v) is 6.60. The maximum Gasteiger partial charge on any atom is 0.329 e. The van der Waals surface area contributed by atoms with E-state index in [1.54, 1.807) is 17.5 Å². The number of rotatable bonds is 9. The van der Waals surface area contributed by atoms with Gasteiger partial charge in [0.1, 0.15) is 6.04 Å². The van der Waals surface area contributed by atoms with E-state index in [1.165, 1.54) is 11.3 Å². The SMILES string of the molecule is CCCNC(=O)COC(=O)[C@H](Cc1ccccc1)NC(=O)c1cccs1. The molecule has 26 heavy (non-hydrogen) atoms. The van der Waals surface area contributed by atoms with Crippen LogP contribution in [0.5, 0.6) is 0 Å². The third kappa shape index (κ3) is 6.33. The first-order chi connectivity index (χ1) is 12.6. The van der Waals surface area contributed by atoms with Crippen molar-refractivity contribution in [3.8, 4) is 0 Å². The summed E-state index contributed by atoms with van der Waals surface area (Å²) in [6, 6.07) is 11.9. The van der Waals surface area contributed by atoms with Crippen molar-refractivity contribution in [2.75, 3.05) is 13.2 Å². The highest BCUT2D eigenvalue weighted by Crippen LogP contribution is 2.10. The minimum absolute atomic E-state index is 0.285. The van der Waals surface area contributed by atoms with Gasteiger partial charge >= 0.3 is 5.97 Å². The molecule has 0 saturated carbocycles. The fraction of sp³-hybridized carbons (Fsp3) is 0.316. The van der Waals surface area contributed by atoms with Crippen LogP contribution < -0.4 is 10.6 Å². The first kappa shape index (κ1) is 19.7. The van der Waals surface area contributed by atoms with Crippen LogP contribution in [0.1, 0.15) is 28.6 Å². The predicted octanol–water partition coefficient (Wildman–Crippen LogP) is 2.16. The second-order valence-electron chi connectivity index (χ2n) is 5.65. The minimum Gasteiger partial charge on any atom is -0.454 e. The molecular formula is C19H22N2O4S.